The summed E-state index contributed by atoms with van der Waals surface area (Å²) in [7, 11) is 1.75. The van der Waals surface area contributed by atoms with E-state index in [4.69, 9.17) is 9.84 Å². The summed E-state index contributed by atoms with van der Waals surface area (Å²) >= 11 is 0. The molecule has 0 fully saturated rings. The predicted octanol–water partition coefficient (Wildman–Crippen LogP) is 1.91. The number of carbonyl (C=O) groups is 1. The number of ether oxygens (including phenoxy) is 1. The molecule has 0 aliphatic heterocycles. The summed E-state index contributed by atoms with van der Waals surface area (Å²) in [6.45, 7) is 5.15. The summed E-state index contributed by atoms with van der Waals surface area (Å²) in [4.78, 5) is 13.2. The van der Waals surface area contributed by atoms with Crippen LogP contribution in [0.4, 0.5) is 0 Å². The lowest BCUT2D eigenvalue weighted by molar-refractivity contribution is -0.130. The Bertz CT molecular complexity index is 398. The van der Waals surface area contributed by atoms with Gasteiger partial charge < -0.3 is 14.7 Å². The van der Waals surface area contributed by atoms with E-state index in [1.165, 1.54) is 11.1 Å². The molecule has 0 heterocycles. The highest BCUT2D eigenvalue weighted by atomic mass is 16.5. The molecule has 1 rings (SSSR count). The highest BCUT2D eigenvalue weighted by Gasteiger charge is 2.07. The number of amides is 1. The maximum Gasteiger partial charge on any atom is 0.222 e. The molecule has 1 N–H and O–H groups in total. The zero-order chi connectivity index (χ0) is 14.3. The average molecular weight is 265 g/mol. The van der Waals surface area contributed by atoms with Gasteiger partial charge in [-0.25, -0.2) is 0 Å². The molecule has 0 atom stereocenters. The molecule has 4 nitrogen and oxygen atoms in total. The molecule has 0 saturated carbocycles. The minimum atomic E-state index is 0.0399. The van der Waals surface area contributed by atoms with Crippen molar-refractivity contribution in [2.24, 2.45) is 0 Å². The Morgan fingerprint density at radius 1 is 1.26 bits per heavy atom. The summed E-state index contributed by atoms with van der Waals surface area (Å²) in [5.74, 6) is 0.881. The van der Waals surface area contributed by atoms with Crippen molar-refractivity contribution in [3.63, 3.8) is 0 Å². The smallest absolute Gasteiger partial charge is 0.222 e. The number of nitrogens with zero attached hydrogens (tertiary/aromatic N) is 1. The van der Waals surface area contributed by atoms with Gasteiger partial charge in [0, 0.05) is 20.1 Å². The molecule has 19 heavy (non-hydrogen) atoms. The number of likely N-dealkylation sites (N-methyl/N-ethyl adjacent to an activating group) is 1. The number of rotatable bonds is 7. The lowest BCUT2D eigenvalue weighted by Crippen LogP contribution is -2.30. The first kappa shape index (κ1) is 15.5. The standard InChI is InChI=1S/C15H23NO3/c1-12-9-13(2)11-14(10-12)19-8-6-16(3)15(18)5-4-7-17/h9-11,17H,4-8H2,1-3H3. The molecule has 0 spiro atoms. The molecule has 1 aromatic rings. The molecule has 0 aliphatic rings. The van der Waals surface area contributed by atoms with Crippen molar-refractivity contribution in [3.05, 3.63) is 29.3 Å². The molecule has 0 unspecified atom stereocenters. The second-order valence-electron chi connectivity index (χ2n) is 4.81. The Balaban J connectivity index is 2.35. The van der Waals surface area contributed by atoms with Gasteiger partial charge in [0.25, 0.3) is 0 Å². The van der Waals surface area contributed by atoms with Crippen molar-refractivity contribution in [2.45, 2.75) is 26.7 Å². The zero-order valence-corrected chi connectivity index (χ0v) is 12.0. The van der Waals surface area contributed by atoms with Crippen molar-refractivity contribution >= 4 is 5.91 Å². The number of carbonyl (C=O) groups excluding carboxylic acids is 1. The number of aliphatic hydroxyl groups excluding tert-OH is 1. The van der Waals surface area contributed by atoms with Gasteiger partial charge in [0.05, 0.1) is 6.54 Å². The van der Waals surface area contributed by atoms with Gasteiger partial charge in [0.1, 0.15) is 12.4 Å². The zero-order valence-electron chi connectivity index (χ0n) is 12.0. The van der Waals surface area contributed by atoms with Crippen LogP contribution >= 0.6 is 0 Å². The lowest BCUT2D eigenvalue weighted by atomic mass is 10.1. The second-order valence-corrected chi connectivity index (χ2v) is 4.81. The first-order valence-electron chi connectivity index (χ1n) is 6.59. The van der Waals surface area contributed by atoms with E-state index in [0.29, 0.717) is 26.0 Å². The van der Waals surface area contributed by atoms with Crippen LogP contribution in [0.2, 0.25) is 0 Å². The molecule has 106 valence electrons. The summed E-state index contributed by atoms with van der Waals surface area (Å²) in [6.07, 6.45) is 0.900. The van der Waals surface area contributed by atoms with Gasteiger partial charge in [-0.15, -0.1) is 0 Å². The first-order valence-corrected chi connectivity index (χ1v) is 6.59. The van der Waals surface area contributed by atoms with Crippen LogP contribution in [0, 0.1) is 13.8 Å². The normalized spacial score (nSPS) is 10.3. The quantitative estimate of drug-likeness (QED) is 0.819. The van der Waals surface area contributed by atoms with Gasteiger partial charge in [-0.3, -0.25) is 4.79 Å². The van der Waals surface area contributed by atoms with Crippen LogP contribution in [0.15, 0.2) is 18.2 Å². The number of hydrogen-bond donors (Lipinski definition) is 1. The Hall–Kier alpha value is -1.55. The third-order valence-corrected chi connectivity index (χ3v) is 2.87. The van der Waals surface area contributed by atoms with Crippen molar-refractivity contribution in [1.82, 2.24) is 4.90 Å². The molecule has 0 radical (unpaired) electrons. The molecule has 4 heteroatoms. The van der Waals surface area contributed by atoms with Crippen LogP contribution in [0.1, 0.15) is 24.0 Å². The maximum absolute atomic E-state index is 11.6. The second kappa shape index (κ2) is 7.79. The Kier molecular flexibility index (Phi) is 6.36. The predicted molar refractivity (Wildman–Crippen MR) is 75.4 cm³/mol. The molecule has 0 saturated heterocycles. The lowest BCUT2D eigenvalue weighted by Gasteiger charge is -2.17. The van der Waals surface area contributed by atoms with Crippen molar-refractivity contribution < 1.29 is 14.6 Å². The Labute approximate surface area is 115 Å². The topological polar surface area (TPSA) is 49.8 Å². The van der Waals surface area contributed by atoms with Gasteiger partial charge in [-0.2, -0.15) is 0 Å². The monoisotopic (exact) mass is 265 g/mol. The third-order valence-electron chi connectivity index (χ3n) is 2.87. The van der Waals surface area contributed by atoms with E-state index in [2.05, 4.69) is 6.07 Å². The van der Waals surface area contributed by atoms with Crippen LogP contribution in [-0.2, 0) is 4.79 Å². The molecular weight excluding hydrogens is 242 g/mol. The fraction of sp³-hybridized carbons (Fsp3) is 0.533. The van der Waals surface area contributed by atoms with Crippen molar-refractivity contribution in [1.29, 1.82) is 0 Å². The molecule has 1 amide bonds. The van der Waals surface area contributed by atoms with Gasteiger partial charge in [-0.1, -0.05) is 6.07 Å². The van der Waals surface area contributed by atoms with E-state index in [-0.39, 0.29) is 12.5 Å². The van der Waals surface area contributed by atoms with Crippen LogP contribution in [0.3, 0.4) is 0 Å². The van der Waals surface area contributed by atoms with E-state index in [0.717, 1.165) is 5.75 Å². The SMILES string of the molecule is Cc1cc(C)cc(OCCN(C)C(=O)CCCO)c1. The third kappa shape index (κ3) is 5.75. The van der Waals surface area contributed by atoms with Gasteiger partial charge in [0.2, 0.25) is 5.91 Å². The Morgan fingerprint density at radius 3 is 2.47 bits per heavy atom. The summed E-state index contributed by atoms with van der Waals surface area (Å²) < 4.78 is 5.65. The maximum atomic E-state index is 11.6. The van der Waals surface area contributed by atoms with Crippen LogP contribution in [-0.4, -0.2) is 42.7 Å². The van der Waals surface area contributed by atoms with Gasteiger partial charge >= 0.3 is 0 Å². The van der Waals surface area contributed by atoms with E-state index >= 15 is 0 Å². The number of aryl methyl sites for hydroxylation is 2. The summed E-state index contributed by atoms with van der Waals surface area (Å²) in [6, 6.07) is 6.07. The molecule has 1 aromatic carbocycles. The number of aliphatic hydroxyl groups is 1. The Morgan fingerprint density at radius 2 is 1.89 bits per heavy atom. The van der Waals surface area contributed by atoms with E-state index in [1.54, 1.807) is 11.9 Å². The van der Waals surface area contributed by atoms with Crippen LogP contribution in [0.5, 0.6) is 5.75 Å². The van der Waals surface area contributed by atoms with E-state index in [1.807, 2.05) is 26.0 Å². The molecule has 0 aromatic heterocycles. The minimum absolute atomic E-state index is 0.0399. The van der Waals surface area contributed by atoms with Crippen LogP contribution < -0.4 is 4.74 Å². The largest absolute Gasteiger partial charge is 0.492 e. The number of hydrogen-bond acceptors (Lipinski definition) is 3. The fourth-order valence-corrected chi connectivity index (χ4v) is 1.86. The van der Waals surface area contributed by atoms with Gasteiger partial charge in [-0.05, 0) is 43.5 Å². The van der Waals surface area contributed by atoms with Crippen LogP contribution in [0.25, 0.3) is 0 Å². The minimum Gasteiger partial charge on any atom is -0.492 e. The van der Waals surface area contributed by atoms with E-state index in [9.17, 15) is 4.79 Å². The summed E-state index contributed by atoms with van der Waals surface area (Å²) in [5, 5.41) is 8.68. The average Bonchev–Trinajstić information content (AvgIpc) is 2.34. The number of benzene rings is 1. The van der Waals surface area contributed by atoms with Crippen molar-refractivity contribution in [3.8, 4) is 5.75 Å². The highest BCUT2D eigenvalue weighted by molar-refractivity contribution is 5.75. The highest BCUT2D eigenvalue weighted by Crippen LogP contribution is 2.16. The van der Waals surface area contributed by atoms with E-state index < -0.39 is 0 Å². The molecular formula is C15H23NO3. The first-order chi connectivity index (χ1) is 9.02. The van der Waals surface area contributed by atoms with Gasteiger partial charge in [0.15, 0.2) is 0 Å². The summed E-state index contributed by atoms with van der Waals surface area (Å²) in [5.41, 5.74) is 2.34. The fourth-order valence-electron chi connectivity index (χ4n) is 1.86. The van der Waals surface area contributed by atoms with Crippen molar-refractivity contribution in [2.75, 3.05) is 26.8 Å². The molecule has 0 aliphatic carbocycles. The molecule has 0 bridgehead atoms.